The number of rotatable bonds is 8. The van der Waals surface area contributed by atoms with Crippen LogP contribution in [-0.4, -0.2) is 24.7 Å². The molecule has 33 heavy (non-hydrogen) atoms. The molecule has 0 aromatic heterocycles. The van der Waals surface area contributed by atoms with E-state index in [2.05, 4.69) is 4.74 Å². The Morgan fingerprint density at radius 2 is 1.73 bits per heavy atom. The van der Waals surface area contributed by atoms with E-state index in [1.54, 1.807) is 25.1 Å². The van der Waals surface area contributed by atoms with E-state index >= 15 is 0 Å². The Bertz CT molecular complexity index is 1010. The van der Waals surface area contributed by atoms with E-state index in [-0.39, 0.29) is 5.92 Å². The zero-order chi connectivity index (χ0) is 24.2. The lowest BCUT2D eigenvalue weighted by molar-refractivity contribution is -0.182. The lowest BCUT2D eigenvalue weighted by Gasteiger charge is -2.15. The van der Waals surface area contributed by atoms with Crippen LogP contribution in [0.4, 0.5) is 13.2 Å². The Balaban J connectivity index is 1.57. The van der Waals surface area contributed by atoms with Gasteiger partial charge in [-0.2, -0.15) is 13.2 Å². The van der Waals surface area contributed by atoms with E-state index < -0.39 is 42.2 Å². The van der Waals surface area contributed by atoms with Crippen LogP contribution in [0, 0.1) is 17.3 Å². The molecule has 1 fully saturated rings. The maximum Gasteiger partial charge on any atom is 0.422 e. The van der Waals surface area contributed by atoms with Gasteiger partial charge in [0.1, 0.15) is 17.6 Å². The van der Waals surface area contributed by atoms with Crippen LogP contribution >= 0.6 is 0 Å². The molecule has 0 bridgehead atoms. The van der Waals surface area contributed by atoms with Crippen molar-refractivity contribution < 1.29 is 37.0 Å². The highest BCUT2D eigenvalue weighted by Gasteiger charge is 2.61. The van der Waals surface area contributed by atoms with Gasteiger partial charge in [0.2, 0.25) is 0 Å². The number of esters is 2. The van der Waals surface area contributed by atoms with Crippen molar-refractivity contribution >= 4 is 11.9 Å². The summed E-state index contributed by atoms with van der Waals surface area (Å²) in [6, 6.07) is 16.5. The molecule has 1 saturated carbocycles. The number of hydrogen-bond acceptors (Lipinski definition) is 5. The van der Waals surface area contributed by atoms with Gasteiger partial charge in [0.25, 0.3) is 0 Å². The third-order valence-electron chi connectivity index (χ3n) is 5.58. The molecular formula is C25H25F3O5. The second kappa shape index (κ2) is 9.68. The summed E-state index contributed by atoms with van der Waals surface area (Å²) in [5, 5.41) is 0. The number of ether oxygens (including phenoxy) is 3. The topological polar surface area (TPSA) is 61.8 Å². The Morgan fingerprint density at radius 1 is 1.06 bits per heavy atom. The Morgan fingerprint density at radius 3 is 2.39 bits per heavy atom. The monoisotopic (exact) mass is 462 g/mol. The highest BCUT2D eigenvalue weighted by Crippen LogP contribution is 2.59. The summed E-state index contributed by atoms with van der Waals surface area (Å²) in [5.41, 5.74) is 0.258. The molecule has 0 unspecified atom stereocenters. The van der Waals surface area contributed by atoms with Crippen molar-refractivity contribution in [2.75, 3.05) is 6.61 Å². The maximum atomic E-state index is 12.7. The molecule has 0 spiro atoms. The molecule has 5 nitrogen and oxygen atoms in total. The molecule has 1 aliphatic rings. The zero-order valence-electron chi connectivity index (χ0n) is 18.5. The van der Waals surface area contributed by atoms with Crippen molar-refractivity contribution in [2.45, 2.75) is 33.1 Å². The van der Waals surface area contributed by atoms with Crippen LogP contribution in [0.5, 0.6) is 11.5 Å². The van der Waals surface area contributed by atoms with Gasteiger partial charge in [-0.15, -0.1) is 0 Å². The van der Waals surface area contributed by atoms with Crippen LogP contribution in [0.1, 0.15) is 32.4 Å². The number of carbonyl (C=O) groups excluding carboxylic acids is 2. The molecule has 0 radical (unpaired) electrons. The summed E-state index contributed by atoms with van der Waals surface area (Å²) in [5.74, 6) is -1.13. The van der Waals surface area contributed by atoms with E-state index in [0.29, 0.717) is 11.5 Å². The number of halogens is 3. The van der Waals surface area contributed by atoms with E-state index in [9.17, 15) is 22.8 Å². The van der Waals surface area contributed by atoms with Crippen molar-refractivity contribution in [1.82, 2.24) is 0 Å². The fourth-order valence-electron chi connectivity index (χ4n) is 3.64. The van der Waals surface area contributed by atoms with Gasteiger partial charge in [-0.1, -0.05) is 50.3 Å². The number of hydrogen-bond donors (Lipinski definition) is 0. The van der Waals surface area contributed by atoms with Gasteiger partial charge in [-0.3, -0.25) is 4.79 Å². The van der Waals surface area contributed by atoms with E-state index in [0.717, 1.165) is 11.6 Å². The predicted octanol–water partition coefficient (Wildman–Crippen LogP) is 6.02. The molecule has 0 amide bonds. The summed E-state index contributed by atoms with van der Waals surface area (Å²) in [6.45, 7) is 3.75. The molecule has 3 rings (SSSR count). The molecule has 176 valence electrons. The number of allylic oxidation sites excluding steroid dienone is 1. The maximum absolute atomic E-state index is 12.7. The van der Waals surface area contributed by atoms with Crippen molar-refractivity contribution in [1.29, 1.82) is 0 Å². The summed E-state index contributed by atoms with van der Waals surface area (Å²) < 4.78 is 52.0. The van der Waals surface area contributed by atoms with Crippen LogP contribution in [-0.2, 0) is 19.1 Å². The molecule has 0 aliphatic heterocycles. The summed E-state index contributed by atoms with van der Waals surface area (Å²) in [6.07, 6.45) is -2.80. The first kappa shape index (κ1) is 24.4. The highest BCUT2D eigenvalue weighted by molar-refractivity contribution is 5.83. The van der Waals surface area contributed by atoms with Crippen LogP contribution in [0.25, 0.3) is 0 Å². The molecule has 2 aromatic carbocycles. The third-order valence-corrected chi connectivity index (χ3v) is 5.58. The Hall–Kier alpha value is -3.29. The van der Waals surface area contributed by atoms with Gasteiger partial charge in [-0.25, -0.2) is 4.79 Å². The molecule has 3 atom stereocenters. The average molecular weight is 462 g/mol. The zero-order valence-corrected chi connectivity index (χ0v) is 18.5. The van der Waals surface area contributed by atoms with Gasteiger partial charge in [0.15, 0.2) is 6.61 Å². The summed E-state index contributed by atoms with van der Waals surface area (Å²) in [4.78, 5) is 24.2. The molecule has 1 aliphatic carbocycles. The lowest BCUT2D eigenvalue weighted by Crippen LogP contribution is -2.19. The lowest BCUT2D eigenvalue weighted by atomic mass is 10.1. The molecule has 8 heteroatoms. The van der Waals surface area contributed by atoms with Gasteiger partial charge >= 0.3 is 18.1 Å². The first-order valence-electron chi connectivity index (χ1n) is 10.4. The van der Waals surface area contributed by atoms with Crippen molar-refractivity contribution in [3.8, 4) is 11.5 Å². The van der Waals surface area contributed by atoms with Crippen LogP contribution in [0.3, 0.4) is 0 Å². The summed E-state index contributed by atoms with van der Waals surface area (Å²) >= 11 is 0. The molecule has 0 heterocycles. The van der Waals surface area contributed by atoms with Gasteiger partial charge in [-0.05, 0) is 48.1 Å². The minimum absolute atomic E-state index is 0.344. The van der Waals surface area contributed by atoms with Crippen LogP contribution in [0.2, 0.25) is 0 Å². The van der Waals surface area contributed by atoms with Crippen molar-refractivity contribution in [2.24, 2.45) is 17.3 Å². The standard InChI is InChI=1S/C25H25F3O5/c1-16(17-8-7-11-19(14-17)33-18-9-5-4-6-10-18)32-23(30)22-20(24(22,2)3)12-13-21(29)31-15-25(26,27)28/h4-14,16,20,22H,15H2,1-3H3/b13-12-/t16-,20+,22+/m1/s1. The fraction of sp³-hybridized carbons (Fsp3) is 0.360. The van der Waals surface area contributed by atoms with Gasteiger partial charge in [0, 0.05) is 6.08 Å². The molecule has 2 aromatic rings. The normalized spacial score (nSPS) is 20.2. The number of alkyl halides is 3. The van der Waals surface area contributed by atoms with E-state index in [1.807, 2.05) is 50.2 Å². The molecule has 0 N–H and O–H groups in total. The number of benzene rings is 2. The number of carbonyl (C=O) groups is 2. The van der Waals surface area contributed by atoms with Gasteiger partial charge in [0.05, 0.1) is 5.92 Å². The second-order valence-electron chi connectivity index (χ2n) is 8.47. The second-order valence-corrected chi connectivity index (χ2v) is 8.47. The smallest absolute Gasteiger partial charge is 0.422 e. The fourth-order valence-corrected chi connectivity index (χ4v) is 3.64. The first-order valence-corrected chi connectivity index (χ1v) is 10.4. The SMILES string of the molecule is C[C@@H](OC(=O)[C@@H]1[C@H](/C=C\C(=O)OCC(F)(F)F)C1(C)C)c1cccc(Oc2ccccc2)c1. The molecule has 0 saturated heterocycles. The van der Waals surface area contributed by atoms with Crippen molar-refractivity contribution in [3.05, 3.63) is 72.3 Å². The third kappa shape index (κ3) is 6.60. The van der Waals surface area contributed by atoms with Crippen molar-refractivity contribution in [3.63, 3.8) is 0 Å². The van der Waals surface area contributed by atoms with Crippen LogP contribution < -0.4 is 4.74 Å². The number of para-hydroxylation sites is 1. The molecular weight excluding hydrogens is 437 g/mol. The van der Waals surface area contributed by atoms with Gasteiger partial charge < -0.3 is 14.2 Å². The first-order chi connectivity index (χ1) is 15.5. The predicted molar refractivity (Wildman–Crippen MR) is 114 cm³/mol. The minimum atomic E-state index is -4.59. The quantitative estimate of drug-likeness (QED) is 0.355. The largest absolute Gasteiger partial charge is 0.458 e. The van der Waals surface area contributed by atoms with E-state index in [1.165, 1.54) is 6.08 Å². The Labute approximate surface area is 190 Å². The Kier molecular flexibility index (Phi) is 7.15. The van der Waals surface area contributed by atoms with Crippen LogP contribution in [0.15, 0.2) is 66.7 Å². The van der Waals surface area contributed by atoms with E-state index in [4.69, 9.17) is 9.47 Å². The summed E-state index contributed by atoms with van der Waals surface area (Å²) in [7, 11) is 0. The minimum Gasteiger partial charge on any atom is -0.458 e. The average Bonchev–Trinajstić information content (AvgIpc) is 3.31. The highest BCUT2D eigenvalue weighted by atomic mass is 19.4.